The first-order valence-corrected chi connectivity index (χ1v) is 8.61. The van der Waals surface area contributed by atoms with Crippen molar-refractivity contribution in [2.24, 2.45) is 0 Å². The number of benzene rings is 1. The lowest BCUT2D eigenvalue weighted by molar-refractivity contribution is -0.151. The molecule has 4 heteroatoms. The summed E-state index contributed by atoms with van der Waals surface area (Å²) in [5.74, 6) is -0.182. The van der Waals surface area contributed by atoms with Gasteiger partial charge in [0.05, 0.1) is 18.6 Å². The third kappa shape index (κ3) is 5.96. The molecule has 0 saturated heterocycles. The number of esters is 1. The number of likely N-dealkylation sites (N-methyl/N-ethyl adjacent to an activating group) is 1. The molecule has 0 radical (unpaired) electrons. The Bertz CT molecular complexity index is 445. The fourth-order valence-corrected chi connectivity index (χ4v) is 2.46. The maximum atomic E-state index is 12.4. The van der Waals surface area contributed by atoms with E-state index in [1.165, 1.54) is 0 Å². The van der Waals surface area contributed by atoms with Crippen LogP contribution in [0, 0.1) is 0 Å². The van der Waals surface area contributed by atoms with Crippen LogP contribution in [0.25, 0.3) is 0 Å². The van der Waals surface area contributed by atoms with E-state index in [0.29, 0.717) is 26.2 Å². The molecule has 0 saturated carbocycles. The molecule has 1 rings (SSSR count). The number of carbonyl (C=O) groups is 1. The summed E-state index contributed by atoms with van der Waals surface area (Å²) in [5, 5.41) is 0. The van der Waals surface area contributed by atoms with E-state index in [4.69, 9.17) is 9.47 Å². The van der Waals surface area contributed by atoms with Crippen LogP contribution in [0.4, 0.5) is 0 Å². The molecule has 1 aromatic carbocycles. The molecule has 0 aliphatic rings. The van der Waals surface area contributed by atoms with E-state index in [1.54, 1.807) is 0 Å². The van der Waals surface area contributed by atoms with Gasteiger partial charge >= 0.3 is 5.97 Å². The van der Waals surface area contributed by atoms with E-state index < -0.39 is 5.41 Å². The largest absolute Gasteiger partial charge is 0.463 e. The lowest BCUT2D eigenvalue weighted by Crippen LogP contribution is -2.34. The van der Waals surface area contributed by atoms with E-state index in [9.17, 15) is 4.79 Å². The highest BCUT2D eigenvalue weighted by atomic mass is 16.6. The van der Waals surface area contributed by atoms with Gasteiger partial charge in [-0.3, -0.25) is 4.79 Å². The normalized spacial score (nSPS) is 13.8. The van der Waals surface area contributed by atoms with Crippen molar-refractivity contribution < 1.29 is 14.3 Å². The summed E-state index contributed by atoms with van der Waals surface area (Å²) in [6.07, 6.45) is 0.707. The lowest BCUT2D eigenvalue weighted by atomic mass is 9.80. The first kappa shape index (κ1) is 19.7. The van der Waals surface area contributed by atoms with Crippen LogP contribution in [0.3, 0.4) is 0 Å². The summed E-state index contributed by atoms with van der Waals surface area (Å²) in [6, 6.07) is 9.81. The maximum Gasteiger partial charge on any atom is 0.316 e. The van der Waals surface area contributed by atoms with Gasteiger partial charge < -0.3 is 14.4 Å². The molecular weight excluding hydrogens is 290 g/mol. The second-order valence-corrected chi connectivity index (χ2v) is 5.83. The van der Waals surface area contributed by atoms with Crippen LogP contribution < -0.4 is 0 Å². The van der Waals surface area contributed by atoms with Gasteiger partial charge in [-0.25, -0.2) is 0 Å². The van der Waals surface area contributed by atoms with Crippen LogP contribution in [0.15, 0.2) is 30.3 Å². The molecule has 0 spiro atoms. The van der Waals surface area contributed by atoms with E-state index in [0.717, 1.165) is 25.2 Å². The minimum Gasteiger partial charge on any atom is -0.463 e. The van der Waals surface area contributed by atoms with E-state index >= 15 is 0 Å². The van der Waals surface area contributed by atoms with E-state index in [2.05, 4.69) is 18.7 Å². The first-order chi connectivity index (χ1) is 11.1. The number of rotatable bonds is 11. The summed E-state index contributed by atoms with van der Waals surface area (Å²) in [6.45, 7) is 12.6. The smallest absolute Gasteiger partial charge is 0.316 e. The van der Waals surface area contributed by atoms with Gasteiger partial charge in [0.2, 0.25) is 0 Å². The van der Waals surface area contributed by atoms with Crippen LogP contribution in [-0.2, 0) is 19.7 Å². The highest BCUT2D eigenvalue weighted by Gasteiger charge is 2.34. The molecule has 23 heavy (non-hydrogen) atoms. The Morgan fingerprint density at radius 1 is 1.04 bits per heavy atom. The second kappa shape index (κ2) is 10.4. The lowest BCUT2D eigenvalue weighted by Gasteiger charge is -2.26. The number of hydrogen-bond donors (Lipinski definition) is 0. The Kier molecular flexibility index (Phi) is 8.89. The van der Waals surface area contributed by atoms with Crippen molar-refractivity contribution >= 4 is 5.97 Å². The number of ether oxygens (including phenoxy) is 2. The molecule has 0 heterocycles. The monoisotopic (exact) mass is 321 g/mol. The van der Waals surface area contributed by atoms with Crippen LogP contribution in [0.2, 0.25) is 0 Å². The van der Waals surface area contributed by atoms with Crippen molar-refractivity contribution in [3.8, 4) is 0 Å². The quantitative estimate of drug-likeness (QED) is 0.463. The molecular formula is C19H31NO3. The van der Waals surface area contributed by atoms with Crippen LogP contribution in [-0.4, -0.2) is 50.3 Å². The van der Waals surface area contributed by atoms with Crippen molar-refractivity contribution in [1.29, 1.82) is 0 Å². The van der Waals surface area contributed by atoms with Gasteiger partial charge in [-0.05, 0) is 32.0 Å². The summed E-state index contributed by atoms with van der Waals surface area (Å²) in [4.78, 5) is 14.7. The van der Waals surface area contributed by atoms with E-state index in [-0.39, 0.29) is 5.97 Å². The van der Waals surface area contributed by atoms with Crippen molar-refractivity contribution in [1.82, 2.24) is 4.90 Å². The Morgan fingerprint density at radius 2 is 1.70 bits per heavy atom. The summed E-state index contributed by atoms with van der Waals surface area (Å²) in [7, 11) is 0. The van der Waals surface area contributed by atoms with Gasteiger partial charge in [0.25, 0.3) is 0 Å². The average Bonchev–Trinajstić information content (AvgIpc) is 2.61. The minimum atomic E-state index is -0.595. The van der Waals surface area contributed by atoms with Crippen LogP contribution >= 0.6 is 0 Å². The van der Waals surface area contributed by atoms with Gasteiger partial charge in [0.15, 0.2) is 0 Å². The molecule has 0 aliphatic carbocycles. The molecule has 1 unspecified atom stereocenters. The Morgan fingerprint density at radius 3 is 2.26 bits per heavy atom. The zero-order valence-corrected chi connectivity index (χ0v) is 15.0. The van der Waals surface area contributed by atoms with Crippen molar-refractivity contribution in [3.05, 3.63) is 35.9 Å². The van der Waals surface area contributed by atoms with Gasteiger partial charge in [-0.1, -0.05) is 51.1 Å². The highest BCUT2D eigenvalue weighted by molar-refractivity contribution is 5.82. The molecule has 0 aromatic heterocycles. The maximum absolute atomic E-state index is 12.4. The van der Waals surface area contributed by atoms with Gasteiger partial charge in [-0.2, -0.15) is 0 Å². The molecule has 1 atom stereocenters. The van der Waals surface area contributed by atoms with Crippen molar-refractivity contribution in [2.75, 3.05) is 39.5 Å². The van der Waals surface area contributed by atoms with Crippen molar-refractivity contribution in [3.63, 3.8) is 0 Å². The molecule has 0 N–H and O–H groups in total. The molecule has 4 nitrogen and oxygen atoms in total. The predicted molar refractivity (Wildman–Crippen MR) is 93.7 cm³/mol. The molecule has 130 valence electrons. The Balaban J connectivity index is 2.35. The summed E-state index contributed by atoms with van der Waals surface area (Å²) in [5.41, 5.74) is 0.401. The zero-order valence-electron chi connectivity index (χ0n) is 15.0. The molecule has 0 fully saturated rings. The third-order valence-electron chi connectivity index (χ3n) is 4.48. The second-order valence-electron chi connectivity index (χ2n) is 5.83. The third-order valence-corrected chi connectivity index (χ3v) is 4.48. The molecule has 0 aliphatic heterocycles. The zero-order chi connectivity index (χ0) is 17.1. The summed E-state index contributed by atoms with van der Waals surface area (Å²) < 4.78 is 11.0. The fourth-order valence-electron chi connectivity index (χ4n) is 2.46. The van der Waals surface area contributed by atoms with E-state index in [1.807, 2.05) is 44.2 Å². The Hall–Kier alpha value is -1.39. The fraction of sp³-hybridized carbons (Fsp3) is 0.632. The van der Waals surface area contributed by atoms with Crippen LogP contribution in [0.1, 0.15) is 39.7 Å². The van der Waals surface area contributed by atoms with Gasteiger partial charge in [0.1, 0.15) is 6.61 Å². The topological polar surface area (TPSA) is 38.8 Å². The molecule has 0 amide bonds. The average molecular weight is 321 g/mol. The molecule has 1 aromatic rings. The molecule has 0 bridgehead atoms. The predicted octanol–water partition coefficient (Wildman–Crippen LogP) is 3.26. The van der Waals surface area contributed by atoms with Gasteiger partial charge in [0, 0.05) is 6.54 Å². The number of nitrogens with zero attached hydrogens (tertiary/aromatic N) is 1. The summed E-state index contributed by atoms with van der Waals surface area (Å²) >= 11 is 0. The standard InChI is InChI=1S/C19H31NO3/c1-5-19(4,17-11-9-8-10-12-17)18(21)23-16-15-22-14-13-20(6-2)7-3/h8-12H,5-7,13-16H2,1-4H3. The number of carbonyl (C=O) groups excluding carboxylic acids is 1. The van der Waals surface area contributed by atoms with Crippen LogP contribution in [0.5, 0.6) is 0 Å². The van der Waals surface area contributed by atoms with Crippen molar-refractivity contribution in [2.45, 2.75) is 39.5 Å². The highest BCUT2D eigenvalue weighted by Crippen LogP contribution is 2.28. The minimum absolute atomic E-state index is 0.182. The SMILES string of the molecule is CCN(CC)CCOCCOC(=O)C(C)(CC)c1ccccc1. The Labute approximate surface area is 140 Å². The van der Waals surface area contributed by atoms with Gasteiger partial charge in [-0.15, -0.1) is 0 Å². The number of hydrogen-bond acceptors (Lipinski definition) is 4. The first-order valence-electron chi connectivity index (χ1n) is 8.61.